The van der Waals surface area contributed by atoms with E-state index >= 15 is 0 Å². The van der Waals surface area contributed by atoms with Crippen LogP contribution in [0.25, 0.3) is 0 Å². The summed E-state index contributed by atoms with van der Waals surface area (Å²) < 4.78 is 12.6. The van der Waals surface area contributed by atoms with Crippen molar-refractivity contribution in [3.05, 3.63) is 21.7 Å². The van der Waals surface area contributed by atoms with Gasteiger partial charge in [0, 0.05) is 22.0 Å². The highest BCUT2D eigenvalue weighted by atomic mass is 79.9. The van der Waals surface area contributed by atoms with Crippen LogP contribution in [0.1, 0.15) is 38.3 Å². The number of hydrogen-bond acceptors (Lipinski definition) is 3. The van der Waals surface area contributed by atoms with Crippen molar-refractivity contribution in [1.29, 1.82) is 0 Å². The van der Waals surface area contributed by atoms with Crippen molar-refractivity contribution in [2.24, 2.45) is 5.73 Å². The van der Waals surface area contributed by atoms with Crippen LogP contribution in [0.2, 0.25) is 0 Å². The van der Waals surface area contributed by atoms with Gasteiger partial charge in [0.2, 0.25) is 0 Å². The van der Waals surface area contributed by atoms with Crippen molar-refractivity contribution < 1.29 is 9.47 Å². The summed E-state index contributed by atoms with van der Waals surface area (Å²) >= 11 is 3.61. The molecule has 2 N–H and O–H groups in total. The smallest absolute Gasteiger partial charge is 0.164 e. The van der Waals surface area contributed by atoms with Crippen LogP contribution in [0, 0.1) is 0 Å². The normalized spacial score (nSPS) is 15.4. The zero-order chi connectivity index (χ0) is 13.3. The summed E-state index contributed by atoms with van der Waals surface area (Å²) in [6.45, 7) is 7.54. The van der Waals surface area contributed by atoms with Crippen molar-refractivity contribution in [3.8, 4) is 11.5 Å². The number of hydrogen-bond donors (Lipinski definition) is 1. The Labute approximate surface area is 117 Å². The van der Waals surface area contributed by atoms with Gasteiger partial charge in [-0.05, 0) is 31.9 Å². The molecule has 0 aromatic heterocycles. The van der Waals surface area contributed by atoms with Gasteiger partial charge >= 0.3 is 0 Å². The maximum absolute atomic E-state index is 6.28. The van der Waals surface area contributed by atoms with Crippen molar-refractivity contribution >= 4 is 15.9 Å². The molecular weight excluding hydrogens is 294 g/mol. The van der Waals surface area contributed by atoms with Crippen LogP contribution in [0.3, 0.4) is 0 Å². The van der Waals surface area contributed by atoms with Gasteiger partial charge in [0.15, 0.2) is 11.5 Å². The van der Waals surface area contributed by atoms with E-state index in [0.717, 1.165) is 39.9 Å². The topological polar surface area (TPSA) is 44.5 Å². The second-order valence-corrected chi connectivity index (χ2v) is 6.02. The fourth-order valence-electron chi connectivity index (χ4n) is 2.37. The van der Waals surface area contributed by atoms with Crippen molar-refractivity contribution in [2.45, 2.75) is 39.2 Å². The third-order valence-electron chi connectivity index (χ3n) is 3.09. The van der Waals surface area contributed by atoms with E-state index in [9.17, 15) is 0 Å². The van der Waals surface area contributed by atoms with Crippen molar-refractivity contribution in [2.75, 3.05) is 13.2 Å². The van der Waals surface area contributed by atoms with Crippen LogP contribution in [0.5, 0.6) is 11.5 Å². The predicted molar refractivity (Wildman–Crippen MR) is 76.3 cm³/mol. The number of fused-ring (bicyclic) bond motifs is 1. The first-order valence-corrected chi connectivity index (χ1v) is 7.14. The monoisotopic (exact) mass is 313 g/mol. The first-order chi connectivity index (χ1) is 8.45. The molecule has 1 heterocycles. The van der Waals surface area contributed by atoms with E-state index < -0.39 is 5.54 Å². The van der Waals surface area contributed by atoms with Gasteiger partial charge in [0.1, 0.15) is 0 Å². The summed E-state index contributed by atoms with van der Waals surface area (Å²) in [5, 5.41) is 0. The molecule has 0 bridgehead atoms. The molecule has 4 heteroatoms. The van der Waals surface area contributed by atoms with Gasteiger partial charge in [-0.1, -0.05) is 22.9 Å². The minimum absolute atomic E-state index is 0.408. The Balaban J connectivity index is 2.65. The maximum Gasteiger partial charge on any atom is 0.164 e. The largest absolute Gasteiger partial charge is 0.490 e. The summed E-state index contributed by atoms with van der Waals surface area (Å²) in [6.07, 6.45) is 1.79. The highest BCUT2D eigenvalue weighted by Crippen LogP contribution is 2.43. The average Bonchev–Trinajstić information content (AvgIpc) is 2.50. The van der Waals surface area contributed by atoms with Crippen LogP contribution in [-0.4, -0.2) is 13.2 Å². The number of benzene rings is 1. The Hall–Kier alpha value is -0.740. The van der Waals surface area contributed by atoms with E-state index in [-0.39, 0.29) is 0 Å². The molecule has 2 rings (SSSR count). The van der Waals surface area contributed by atoms with Crippen LogP contribution >= 0.6 is 15.9 Å². The van der Waals surface area contributed by atoms with E-state index in [1.54, 1.807) is 0 Å². The minimum Gasteiger partial charge on any atom is -0.490 e. The molecule has 3 nitrogen and oxygen atoms in total. The molecule has 1 aliphatic rings. The second kappa shape index (κ2) is 5.10. The molecule has 0 fully saturated rings. The average molecular weight is 314 g/mol. The van der Waals surface area contributed by atoms with E-state index in [0.29, 0.717) is 13.2 Å². The van der Waals surface area contributed by atoms with Gasteiger partial charge in [-0.2, -0.15) is 0 Å². The number of ether oxygens (including phenoxy) is 2. The Bertz CT molecular complexity index is 452. The molecule has 0 atom stereocenters. The summed E-state index contributed by atoms with van der Waals surface area (Å²) in [4.78, 5) is 0. The number of halogens is 1. The summed E-state index contributed by atoms with van der Waals surface area (Å²) in [7, 11) is 0. The molecule has 1 aromatic rings. The highest BCUT2D eigenvalue weighted by Gasteiger charge is 2.27. The molecule has 18 heavy (non-hydrogen) atoms. The van der Waals surface area contributed by atoms with Gasteiger partial charge in [-0.25, -0.2) is 0 Å². The van der Waals surface area contributed by atoms with E-state index in [4.69, 9.17) is 15.2 Å². The lowest BCUT2D eigenvalue weighted by molar-refractivity contribution is 0.296. The molecule has 1 aromatic carbocycles. The number of nitrogens with two attached hydrogens (primary N) is 1. The van der Waals surface area contributed by atoms with Gasteiger partial charge in [-0.15, -0.1) is 0 Å². The van der Waals surface area contributed by atoms with E-state index in [2.05, 4.69) is 22.9 Å². The summed E-state index contributed by atoms with van der Waals surface area (Å²) in [5.41, 5.74) is 8.12. The second-order valence-electron chi connectivity index (χ2n) is 5.16. The van der Waals surface area contributed by atoms with Crippen LogP contribution in [0.15, 0.2) is 10.5 Å². The first-order valence-electron chi connectivity index (χ1n) is 6.35. The Kier molecular flexibility index (Phi) is 3.87. The third kappa shape index (κ3) is 2.50. The molecular formula is C14H20BrNO2. The summed E-state index contributed by atoms with van der Waals surface area (Å²) in [5.74, 6) is 1.69. The Morgan fingerprint density at radius 3 is 2.61 bits per heavy atom. The Morgan fingerprint density at radius 2 is 2.00 bits per heavy atom. The Morgan fingerprint density at radius 1 is 1.33 bits per heavy atom. The fraction of sp³-hybridized carbons (Fsp3) is 0.571. The quantitative estimate of drug-likeness (QED) is 0.910. The predicted octanol–water partition coefficient (Wildman–Crippen LogP) is 3.37. The molecule has 0 aliphatic carbocycles. The van der Waals surface area contributed by atoms with Crippen molar-refractivity contribution in [3.63, 3.8) is 0 Å². The molecule has 0 saturated carbocycles. The zero-order valence-corrected chi connectivity index (χ0v) is 12.8. The molecule has 1 aliphatic heterocycles. The van der Waals surface area contributed by atoms with E-state index in [1.807, 2.05) is 19.9 Å². The maximum atomic E-state index is 6.28. The van der Waals surface area contributed by atoms with Gasteiger partial charge in [-0.3, -0.25) is 0 Å². The van der Waals surface area contributed by atoms with Gasteiger partial charge < -0.3 is 15.2 Å². The molecule has 100 valence electrons. The SMILES string of the molecule is CCc1c2c(cc(Br)c1C(C)(C)N)OCCCO2. The number of rotatable bonds is 2. The molecule has 0 amide bonds. The fourth-order valence-corrected chi connectivity index (χ4v) is 3.33. The van der Waals surface area contributed by atoms with Gasteiger partial charge in [0.05, 0.1) is 13.2 Å². The third-order valence-corrected chi connectivity index (χ3v) is 3.71. The molecule has 0 radical (unpaired) electrons. The molecule has 0 unspecified atom stereocenters. The van der Waals surface area contributed by atoms with Crippen molar-refractivity contribution in [1.82, 2.24) is 0 Å². The minimum atomic E-state index is -0.408. The summed E-state index contributed by atoms with van der Waals surface area (Å²) in [6, 6.07) is 1.98. The van der Waals surface area contributed by atoms with E-state index in [1.165, 1.54) is 0 Å². The van der Waals surface area contributed by atoms with Crippen LogP contribution in [-0.2, 0) is 12.0 Å². The lowest BCUT2D eigenvalue weighted by atomic mass is 9.89. The van der Waals surface area contributed by atoms with Crippen LogP contribution in [0.4, 0.5) is 0 Å². The van der Waals surface area contributed by atoms with Crippen LogP contribution < -0.4 is 15.2 Å². The molecule has 0 spiro atoms. The lowest BCUT2D eigenvalue weighted by Gasteiger charge is -2.26. The molecule has 0 saturated heterocycles. The van der Waals surface area contributed by atoms with Gasteiger partial charge in [0.25, 0.3) is 0 Å². The first kappa shape index (κ1) is 13.7. The zero-order valence-electron chi connectivity index (χ0n) is 11.2. The highest BCUT2D eigenvalue weighted by molar-refractivity contribution is 9.10. The lowest BCUT2D eigenvalue weighted by Crippen LogP contribution is -2.30. The standard InChI is InChI=1S/C14H20BrNO2/c1-4-9-12(14(2,3)16)10(15)8-11-13(9)18-7-5-6-17-11/h8H,4-7,16H2,1-3H3.